The van der Waals surface area contributed by atoms with Crippen molar-refractivity contribution in [1.29, 1.82) is 0 Å². The van der Waals surface area contributed by atoms with Gasteiger partial charge < -0.3 is 9.72 Å². The Morgan fingerprint density at radius 1 is 0.958 bits per heavy atom. The molecule has 0 saturated carbocycles. The summed E-state index contributed by atoms with van der Waals surface area (Å²) >= 11 is 0. The highest BCUT2D eigenvalue weighted by molar-refractivity contribution is 5.87. The molecule has 0 fully saturated rings. The summed E-state index contributed by atoms with van der Waals surface area (Å²) in [4.78, 5) is 7.73. The Bertz CT molecular complexity index is 956. The number of aromatic amines is 1. The fraction of sp³-hybridized carbons (Fsp3) is 0.0952. The zero-order chi connectivity index (χ0) is 16.4. The Hall–Kier alpha value is -3.07. The Balaban J connectivity index is 1.52. The summed E-state index contributed by atoms with van der Waals surface area (Å²) in [6.07, 6.45) is 3.89. The Morgan fingerprint density at radius 3 is 2.58 bits per heavy atom. The highest BCUT2D eigenvalue weighted by atomic mass is 16.5. The number of benzene rings is 2. The minimum atomic E-state index is 0.529. The van der Waals surface area contributed by atoms with Gasteiger partial charge in [-0.25, -0.2) is 4.98 Å². The number of hydrogen-bond acceptors (Lipinski definition) is 2. The minimum absolute atomic E-state index is 0.529. The van der Waals surface area contributed by atoms with Crippen LogP contribution < -0.4 is 4.74 Å². The first-order valence-corrected chi connectivity index (χ1v) is 8.00. The van der Waals surface area contributed by atoms with E-state index in [0.717, 1.165) is 22.2 Å². The second-order valence-corrected chi connectivity index (χ2v) is 5.89. The average Bonchev–Trinajstić information content (AvgIpc) is 3.02. The van der Waals surface area contributed by atoms with E-state index in [4.69, 9.17) is 4.74 Å². The van der Waals surface area contributed by atoms with Crippen LogP contribution in [0.4, 0.5) is 0 Å². The topological polar surface area (TPSA) is 37.9 Å². The largest absolute Gasteiger partial charge is 0.473 e. The van der Waals surface area contributed by atoms with Crippen LogP contribution >= 0.6 is 0 Å². The van der Waals surface area contributed by atoms with Gasteiger partial charge in [-0.3, -0.25) is 0 Å². The van der Waals surface area contributed by atoms with E-state index in [0.29, 0.717) is 12.5 Å². The lowest BCUT2D eigenvalue weighted by Crippen LogP contribution is -1.96. The number of nitrogens with zero attached hydrogens (tertiary/aromatic N) is 1. The number of nitrogens with one attached hydrogen (secondary N) is 1. The lowest BCUT2D eigenvalue weighted by Gasteiger charge is -2.07. The highest BCUT2D eigenvalue weighted by Gasteiger charge is 2.04. The Labute approximate surface area is 140 Å². The van der Waals surface area contributed by atoms with Gasteiger partial charge in [0.2, 0.25) is 5.88 Å². The number of H-pyrrole nitrogens is 1. The normalized spacial score (nSPS) is 10.9. The van der Waals surface area contributed by atoms with Crippen molar-refractivity contribution in [1.82, 2.24) is 9.97 Å². The molecule has 0 saturated heterocycles. The van der Waals surface area contributed by atoms with Gasteiger partial charge in [0.25, 0.3) is 0 Å². The van der Waals surface area contributed by atoms with E-state index in [2.05, 4.69) is 35.1 Å². The van der Waals surface area contributed by atoms with Gasteiger partial charge in [-0.15, -0.1) is 0 Å². The van der Waals surface area contributed by atoms with Gasteiger partial charge in [0.05, 0.1) is 0 Å². The molecule has 3 heteroatoms. The molecule has 0 aliphatic carbocycles. The molecule has 2 heterocycles. The second-order valence-electron chi connectivity index (χ2n) is 5.89. The van der Waals surface area contributed by atoms with E-state index in [-0.39, 0.29) is 0 Å². The molecule has 0 unspecified atom stereocenters. The fourth-order valence-corrected chi connectivity index (χ4v) is 2.82. The number of ether oxygens (including phenoxy) is 1. The van der Waals surface area contributed by atoms with Gasteiger partial charge in [0.1, 0.15) is 6.61 Å². The van der Waals surface area contributed by atoms with Gasteiger partial charge in [-0.2, -0.15) is 0 Å². The summed E-state index contributed by atoms with van der Waals surface area (Å²) < 4.78 is 5.74. The van der Waals surface area contributed by atoms with E-state index >= 15 is 0 Å². The molecule has 0 spiro atoms. The molecule has 0 amide bonds. The molecule has 1 N–H and O–H groups in total. The molecular formula is C21H18N2O. The van der Waals surface area contributed by atoms with E-state index in [1.807, 2.05) is 54.9 Å². The zero-order valence-electron chi connectivity index (χ0n) is 13.5. The molecule has 4 aromatic rings. The summed E-state index contributed by atoms with van der Waals surface area (Å²) in [5.41, 5.74) is 5.77. The molecule has 4 rings (SSSR count). The second kappa shape index (κ2) is 6.20. The molecule has 0 bridgehead atoms. The maximum Gasteiger partial charge on any atom is 0.213 e. The molecule has 0 aliphatic rings. The lowest BCUT2D eigenvalue weighted by molar-refractivity contribution is 0.294. The van der Waals surface area contributed by atoms with Crippen LogP contribution in [0.2, 0.25) is 0 Å². The number of hydrogen-bond donors (Lipinski definition) is 1. The maximum atomic E-state index is 5.74. The van der Waals surface area contributed by atoms with E-state index in [9.17, 15) is 0 Å². The Kier molecular flexibility index (Phi) is 3.75. The first kappa shape index (κ1) is 14.5. The average molecular weight is 314 g/mol. The third-order valence-corrected chi connectivity index (χ3v) is 4.19. The number of aromatic nitrogens is 2. The predicted octanol–water partition coefficient (Wildman–Crippen LogP) is 5.12. The van der Waals surface area contributed by atoms with Crippen molar-refractivity contribution < 1.29 is 4.74 Å². The van der Waals surface area contributed by atoms with E-state index < -0.39 is 0 Å². The first-order chi connectivity index (χ1) is 11.8. The molecule has 0 aliphatic heterocycles. The molecule has 0 radical (unpaired) electrons. The summed E-state index contributed by atoms with van der Waals surface area (Å²) in [5, 5.41) is 1.26. The van der Waals surface area contributed by atoms with Crippen LogP contribution in [-0.4, -0.2) is 9.97 Å². The molecular weight excluding hydrogens is 296 g/mol. The zero-order valence-corrected chi connectivity index (χ0v) is 13.5. The Morgan fingerprint density at radius 2 is 1.79 bits per heavy atom. The van der Waals surface area contributed by atoms with Gasteiger partial charge in [0, 0.05) is 34.9 Å². The van der Waals surface area contributed by atoms with E-state index in [1.54, 1.807) is 0 Å². The first-order valence-electron chi connectivity index (χ1n) is 8.00. The third-order valence-electron chi connectivity index (χ3n) is 4.19. The van der Waals surface area contributed by atoms with Crippen LogP contribution in [0.5, 0.6) is 5.88 Å². The maximum absolute atomic E-state index is 5.74. The van der Waals surface area contributed by atoms with Crippen molar-refractivity contribution in [2.24, 2.45) is 0 Å². The smallest absolute Gasteiger partial charge is 0.213 e. The van der Waals surface area contributed by atoms with Crippen molar-refractivity contribution in [3.05, 3.63) is 84.2 Å². The summed E-state index contributed by atoms with van der Waals surface area (Å²) in [7, 11) is 0. The van der Waals surface area contributed by atoms with Crippen LogP contribution in [0.25, 0.3) is 22.0 Å². The van der Waals surface area contributed by atoms with Gasteiger partial charge >= 0.3 is 0 Å². The van der Waals surface area contributed by atoms with Crippen LogP contribution in [0, 0.1) is 6.92 Å². The predicted molar refractivity (Wildman–Crippen MR) is 97.0 cm³/mol. The van der Waals surface area contributed by atoms with Crippen molar-refractivity contribution in [2.45, 2.75) is 13.5 Å². The summed E-state index contributed by atoms with van der Waals surface area (Å²) in [6, 6.07) is 20.5. The van der Waals surface area contributed by atoms with Gasteiger partial charge in [-0.05, 0) is 35.7 Å². The van der Waals surface area contributed by atoms with Gasteiger partial charge in [-0.1, -0.05) is 42.5 Å². The van der Waals surface area contributed by atoms with Crippen LogP contribution in [0.1, 0.15) is 11.1 Å². The van der Waals surface area contributed by atoms with Crippen LogP contribution in [0.3, 0.4) is 0 Å². The number of fused-ring (bicyclic) bond motifs is 1. The molecule has 0 atom stereocenters. The number of aryl methyl sites for hydroxylation is 1. The van der Waals surface area contributed by atoms with Gasteiger partial charge in [0.15, 0.2) is 0 Å². The minimum Gasteiger partial charge on any atom is -0.473 e. The third kappa shape index (κ3) is 2.88. The van der Waals surface area contributed by atoms with Crippen molar-refractivity contribution in [2.75, 3.05) is 0 Å². The van der Waals surface area contributed by atoms with Crippen molar-refractivity contribution >= 4 is 10.9 Å². The lowest BCUT2D eigenvalue weighted by atomic mass is 10.1. The molecule has 24 heavy (non-hydrogen) atoms. The number of pyridine rings is 1. The summed E-state index contributed by atoms with van der Waals surface area (Å²) in [6.45, 7) is 2.64. The SMILES string of the molecule is Cc1c[nH]c2cc(-c3ccc(OCc4ccccc4)nc3)ccc12. The monoisotopic (exact) mass is 314 g/mol. The van der Waals surface area contributed by atoms with E-state index in [1.165, 1.54) is 10.9 Å². The molecule has 2 aromatic carbocycles. The van der Waals surface area contributed by atoms with Crippen molar-refractivity contribution in [3.8, 4) is 17.0 Å². The number of rotatable bonds is 4. The molecule has 118 valence electrons. The van der Waals surface area contributed by atoms with Crippen LogP contribution in [-0.2, 0) is 6.61 Å². The quantitative estimate of drug-likeness (QED) is 0.568. The molecule has 3 nitrogen and oxygen atoms in total. The van der Waals surface area contributed by atoms with Crippen molar-refractivity contribution in [3.63, 3.8) is 0 Å². The molecule has 2 aromatic heterocycles. The fourth-order valence-electron chi connectivity index (χ4n) is 2.82. The summed E-state index contributed by atoms with van der Waals surface area (Å²) in [5.74, 6) is 0.638. The van der Waals surface area contributed by atoms with Crippen LogP contribution in [0.15, 0.2) is 73.1 Å². The highest BCUT2D eigenvalue weighted by Crippen LogP contribution is 2.26. The standard InChI is InChI=1S/C21H18N2O/c1-15-12-22-20-11-17(7-9-19(15)20)18-8-10-21(23-13-18)24-14-16-5-3-2-4-6-16/h2-13,22H,14H2,1H3.